The van der Waals surface area contributed by atoms with E-state index in [-0.39, 0.29) is 21.5 Å². The molecule has 0 rings (SSSR count). The fourth-order valence-corrected chi connectivity index (χ4v) is 0. The summed E-state index contributed by atoms with van der Waals surface area (Å²) in [5.74, 6) is 0. The van der Waals surface area contributed by atoms with Gasteiger partial charge >= 0.3 is 0 Å². The first-order valence-electron chi connectivity index (χ1n) is 0.730. The molecule has 7 heavy (non-hydrogen) atoms. The number of hydrogen-bond acceptors (Lipinski definition) is 4. The van der Waals surface area contributed by atoms with Crippen LogP contribution in [0, 0.1) is 0 Å². The van der Waals surface area contributed by atoms with Gasteiger partial charge in [0.05, 0.1) is 0 Å². The maximum Gasteiger partial charge on any atom is 0 e. The third-order valence-electron chi connectivity index (χ3n) is 0. The van der Waals surface area contributed by atoms with Crippen LogP contribution in [0.5, 0.6) is 0 Å². The van der Waals surface area contributed by atoms with E-state index in [9.17, 15) is 0 Å². The van der Waals surface area contributed by atoms with Gasteiger partial charge in [-0.2, -0.15) is 7.82 Å². The second-order valence-corrected chi connectivity index (χ2v) is 1.34. The van der Waals surface area contributed by atoms with Gasteiger partial charge in [-0.25, -0.2) is 0 Å². The molecule has 0 atom stereocenters. The summed E-state index contributed by atoms with van der Waals surface area (Å²) >= 11 is 0. The fourth-order valence-electron chi connectivity index (χ4n) is 0. The molecular formula is CoFO4P-4. The molecule has 0 aromatic carbocycles. The number of hydrogen-bond donors (Lipinski definition) is 0. The van der Waals surface area contributed by atoms with E-state index < -0.39 is 7.82 Å². The van der Waals surface area contributed by atoms with Gasteiger partial charge in [-0.15, -0.1) is 0 Å². The zero-order valence-electron chi connectivity index (χ0n) is 2.79. The zero-order chi connectivity index (χ0) is 4.50. The van der Waals surface area contributed by atoms with Crippen LogP contribution in [0.4, 0.5) is 0 Å². The van der Waals surface area contributed by atoms with Crippen molar-refractivity contribution in [3.8, 4) is 0 Å². The van der Waals surface area contributed by atoms with Crippen molar-refractivity contribution in [2.45, 2.75) is 0 Å². The largest absolute Gasteiger partial charge is 1.00 e. The van der Waals surface area contributed by atoms with E-state index in [0.29, 0.717) is 0 Å². The zero-order valence-corrected chi connectivity index (χ0v) is 4.73. The second kappa shape index (κ2) is 4.70. The second-order valence-electron chi connectivity index (χ2n) is 0.447. The molecule has 0 aromatic heterocycles. The van der Waals surface area contributed by atoms with Crippen LogP contribution in [0.3, 0.4) is 0 Å². The molecule has 49 valence electrons. The monoisotopic (exact) mass is 173 g/mol. The average molecular weight is 173 g/mol. The first-order chi connectivity index (χ1) is 2.00. The third kappa shape index (κ3) is 453. The van der Waals surface area contributed by atoms with Crippen molar-refractivity contribution in [1.82, 2.24) is 0 Å². The van der Waals surface area contributed by atoms with Crippen LogP contribution in [0.25, 0.3) is 0 Å². The molecule has 0 fully saturated rings. The van der Waals surface area contributed by atoms with Crippen molar-refractivity contribution in [1.29, 1.82) is 0 Å². The van der Waals surface area contributed by atoms with Gasteiger partial charge in [-0.05, 0) is 0 Å². The summed E-state index contributed by atoms with van der Waals surface area (Å²) in [5.41, 5.74) is 0. The normalized spacial score (nSPS) is 8.43. The summed E-state index contributed by atoms with van der Waals surface area (Å²) in [6, 6.07) is 0. The van der Waals surface area contributed by atoms with Gasteiger partial charge in [0.2, 0.25) is 0 Å². The molecule has 0 aliphatic rings. The smallest absolute Gasteiger partial charge is 0 e. The van der Waals surface area contributed by atoms with Crippen molar-refractivity contribution in [3.63, 3.8) is 0 Å². The Balaban J connectivity index is -0.0000000800. The van der Waals surface area contributed by atoms with E-state index in [4.69, 9.17) is 19.2 Å². The van der Waals surface area contributed by atoms with Crippen LogP contribution < -0.4 is 19.4 Å². The van der Waals surface area contributed by atoms with Crippen LogP contribution in [-0.4, -0.2) is 0 Å². The van der Waals surface area contributed by atoms with Gasteiger partial charge in [0.25, 0.3) is 0 Å². The van der Waals surface area contributed by atoms with E-state index in [1.807, 2.05) is 0 Å². The van der Waals surface area contributed by atoms with E-state index in [0.717, 1.165) is 0 Å². The van der Waals surface area contributed by atoms with E-state index in [2.05, 4.69) is 0 Å². The van der Waals surface area contributed by atoms with Crippen LogP contribution in [0.2, 0.25) is 0 Å². The first kappa shape index (κ1) is 15.6. The molecular weight excluding hydrogens is 173 g/mol. The number of halogens is 1. The summed E-state index contributed by atoms with van der Waals surface area (Å²) in [5, 5.41) is 0. The maximum atomic E-state index is 8.55. The van der Waals surface area contributed by atoms with Gasteiger partial charge in [-0.1, -0.05) is 0 Å². The number of phosphoric acid groups is 1. The summed E-state index contributed by atoms with van der Waals surface area (Å²) < 4.78 is 8.55. The first-order valence-corrected chi connectivity index (χ1v) is 2.19. The Labute approximate surface area is 49.4 Å². The Morgan fingerprint density at radius 2 is 1.14 bits per heavy atom. The molecule has 0 spiro atoms. The molecule has 0 heterocycles. The molecule has 0 amide bonds. The Morgan fingerprint density at radius 3 is 1.14 bits per heavy atom. The van der Waals surface area contributed by atoms with Gasteiger partial charge in [0, 0.05) is 16.8 Å². The summed E-state index contributed by atoms with van der Waals surface area (Å²) in [6.45, 7) is 0. The van der Waals surface area contributed by atoms with Crippen molar-refractivity contribution >= 4 is 7.82 Å². The van der Waals surface area contributed by atoms with Crippen molar-refractivity contribution < 1.29 is 40.7 Å². The molecule has 0 saturated heterocycles. The van der Waals surface area contributed by atoms with Crippen molar-refractivity contribution in [3.05, 3.63) is 0 Å². The van der Waals surface area contributed by atoms with Crippen LogP contribution in [0.1, 0.15) is 0 Å². The van der Waals surface area contributed by atoms with E-state index in [1.54, 1.807) is 0 Å². The van der Waals surface area contributed by atoms with Crippen LogP contribution in [0.15, 0.2) is 0 Å². The van der Waals surface area contributed by atoms with Gasteiger partial charge in [0.1, 0.15) is 0 Å². The SMILES string of the molecule is O=P([O-])([O-])[O-].[Co].[F-]. The van der Waals surface area contributed by atoms with E-state index >= 15 is 0 Å². The molecule has 0 aromatic rings. The Morgan fingerprint density at radius 1 is 1.14 bits per heavy atom. The Kier molecular flexibility index (Phi) is 10.5. The predicted octanol–water partition coefficient (Wildman–Crippen LogP) is -5.82. The van der Waals surface area contributed by atoms with E-state index in [1.165, 1.54) is 0 Å². The van der Waals surface area contributed by atoms with Crippen LogP contribution in [-0.2, 0) is 21.3 Å². The molecule has 0 bridgehead atoms. The average Bonchev–Trinajstić information content (AvgIpc) is 0.722. The molecule has 0 saturated carbocycles. The minimum Gasteiger partial charge on any atom is -1.00 e. The third-order valence-corrected chi connectivity index (χ3v) is 0. The molecule has 0 N–H and O–H groups in total. The number of rotatable bonds is 0. The van der Waals surface area contributed by atoms with Crippen molar-refractivity contribution in [2.24, 2.45) is 0 Å². The maximum absolute atomic E-state index is 8.55. The summed E-state index contributed by atoms with van der Waals surface area (Å²) in [7, 11) is -5.39. The summed E-state index contributed by atoms with van der Waals surface area (Å²) in [4.78, 5) is 25.6. The standard InChI is InChI=1S/Co.FH.H3O4P/c;;1-5(2,3)4/h;1H;(H3,1,2,3,4)/p-4. The summed E-state index contributed by atoms with van der Waals surface area (Å²) in [6.07, 6.45) is 0. The molecule has 7 heteroatoms. The van der Waals surface area contributed by atoms with Crippen molar-refractivity contribution in [2.75, 3.05) is 0 Å². The predicted molar refractivity (Wildman–Crippen MR) is 7.61 cm³/mol. The minimum absolute atomic E-state index is 0. The molecule has 4 nitrogen and oxygen atoms in total. The minimum atomic E-state index is -5.39. The van der Waals surface area contributed by atoms with Crippen LogP contribution >= 0.6 is 7.82 Å². The molecule has 0 aliphatic carbocycles. The van der Waals surface area contributed by atoms with Gasteiger partial charge in [0.15, 0.2) is 0 Å². The van der Waals surface area contributed by atoms with Gasteiger partial charge < -0.3 is 23.9 Å². The molecule has 1 radical (unpaired) electrons. The topological polar surface area (TPSA) is 86.2 Å². The van der Waals surface area contributed by atoms with Gasteiger partial charge in [-0.3, -0.25) is 0 Å². The fraction of sp³-hybridized carbons (Fsp3) is 0. The molecule has 0 unspecified atom stereocenters. The Hall–Kier alpha value is 0.546. The Bertz CT molecular complexity index is 57.8. The quantitative estimate of drug-likeness (QED) is 0.341. The molecule has 0 aliphatic heterocycles.